The zero-order valence-corrected chi connectivity index (χ0v) is 11.6. The molecule has 3 heterocycles. The number of hydrogen-bond donors (Lipinski definition) is 1. The molecule has 1 atom stereocenters. The molecule has 6 heteroatoms. The molecule has 1 aromatic rings. The average molecular weight is 382 g/mol. The van der Waals surface area contributed by atoms with Crippen LogP contribution < -0.4 is 5.32 Å². The Bertz CT molecular complexity index is 447. The van der Waals surface area contributed by atoms with E-state index in [1.165, 1.54) is 0 Å². The Morgan fingerprint density at radius 2 is 2.40 bits per heavy atom. The summed E-state index contributed by atoms with van der Waals surface area (Å²) in [5, 5.41) is 3.37. The molecule has 0 spiro atoms. The summed E-state index contributed by atoms with van der Waals surface area (Å²) >= 11 is 5.72. The second kappa shape index (κ2) is 3.21. The van der Waals surface area contributed by atoms with Gasteiger partial charge >= 0.3 is 0 Å². The number of alkyl halides is 1. The van der Waals surface area contributed by atoms with E-state index in [4.69, 9.17) is 0 Å². The number of carbonyl (C=O) groups is 1. The molecule has 80 valence electrons. The summed E-state index contributed by atoms with van der Waals surface area (Å²) in [6.45, 7) is 2.48. The Labute approximate surface area is 109 Å². The van der Waals surface area contributed by atoms with Crippen molar-refractivity contribution in [2.75, 3.05) is 13.1 Å². The maximum Gasteiger partial charge on any atom is 0.272 e. The first-order chi connectivity index (χ1) is 7.10. The van der Waals surface area contributed by atoms with Gasteiger partial charge in [0.05, 0.1) is 6.54 Å². The van der Waals surface area contributed by atoms with Crippen LogP contribution in [0.1, 0.15) is 10.5 Å². The Hall–Kier alpha value is -0.0800. The Kier molecular flexibility index (Phi) is 2.16. The Morgan fingerprint density at radius 1 is 1.60 bits per heavy atom. The molecule has 15 heavy (non-hydrogen) atoms. The van der Waals surface area contributed by atoms with Crippen LogP contribution in [0.5, 0.6) is 0 Å². The van der Waals surface area contributed by atoms with Gasteiger partial charge in [0.15, 0.2) is 3.67 Å². The molecule has 1 fully saturated rings. The lowest BCUT2D eigenvalue weighted by Gasteiger charge is -2.37. The van der Waals surface area contributed by atoms with Crippen LogP contribution in [-0.2, 0) is 6.54 Å². The van der Waals surface area contributed by atoms with Crippen LogP contribution in [0.4, 0.5) is 0 Å². The van der Waals surface area contributed by atoms with Crippen LogP contribution in [0, 0.1) is 0 Å². The standard InChI is InChI=1S/C9H9BrIN3O/c10-6-3-7-8(15)14-2-1-12-9(14,11)5-13(7)4-6/h3-4,12H,1-2,5H2. The molecular formula is C9H9BrIN3O. The van der Waals surface area contributed by atoms with Gasteiger partial charge in [-0.3, -0.25) is 10.1 Å². The molecule has 2 aliphatic heterocycles. The number of carbonyl (C=O) groups excluding carboxylic acids is 1. The number of aromatic nitrogens is 1. The van der Waals surface area contributed by atoms with Crippen LogP contribution in [0.3, 0.4) is 0 Å². The fourth-order valence-electron chi connectivity index (χ4n) is 2.18. The van der Waals surface area contributed by atoms with Crippen molar-refractivity contribution in [1.82, 2.24) is 14.8 Å². The summed E-state index contributed by atoms with van der Waals surface area (Å²) in [5.41, 5.74) is 0.776. The molecule has 0 aromatic carbocycles. The van der Waals surface area contributed by atoms with Gasteiger partial charge in [-0.1, -0.05) is 0 Å². The van der Waals surface area contributed by atoms with Gasteiger partial charge < -0.3 is 9.47 Å². The summed E-state index contributed by atoms with van der Waals surface area (Å²) in [6.07, 6.45) is 1.96. The minimum absolute atomic E-state index is 0.117. The zero-order valence-electron chi connectivity index (χ0n) is 7.83. The minimum atomic E-state index is -0.236. The monoisotopic (exact) mass is 381 g/mol. The van der Waals surface area contributed by atoms with E-state index in [2.05, 4.69) is 43.8 Å². The maximum atomic E-state index is 12.2. The smallest absolute Gasteiger partial charge is 0.272 e. The van der Waals surface area contributed by atoms with Crippen molar-refractivity contribution in [3.05, 3.63) is 22.4 Å². The van der Waals surface area contributed by atoms with E-state index in [0.29, 0.717) is 0 Å². The molecule has 1 amide bonds. The van der Waals surface area contributed by atoms with Crippen LogP contribution in [-0.4, -0.2) is 32.1 Å². The predicted octanol–water partition coefficient (Wildman–Crippen LogP) is 1.40. The first-order valence-electron chi connectivity index (χ1n) is 4.72. The van der Waals surface area contributed by atoms with Gasteiger partial charge in [-0.15, -0.1) is 0 Å². The van der Waals surface area contributed by atoms with Crippen molar-refractivity contribution in [3.8, 4) is 0 Å². The molecule has 2 aliphatic rings. The summed E-state index contributed by atoms with van der Waals surface area (Å²) < 4.78 is 2.74. The SMILES string of the molecule is O=C1c2cc(Br)cn2CC2(I)NCCN12. The zero-order chi connectivity index (χ0) is 10.6. The molecule has 4 nitrogen and oxygen atoms in total. The van der Waals surface area contributed by atoms with Crippen molar-refractivity contribution < 1.29 is 4.79 Å². The largest absolute Gasteiger partial charge is 0.338 e. The number of fused-ring (bicyclic) bond motifs is 2. The van der Waals surface area contributed by atoms with E-state index in [1.807, 2.05) is 21.7 Å². The molecule has 3 rings (SSSR count). The van der Waals surface area contributed by atoms with E-state index in [0.717, 1.165) is 29.8 Å². The molecule has 1 N–H and O–H groups in total. The highest BCUT2D eigenvalue weighted by Crippen LogP contribution is 2.34. The molecule has 0 bridgehead atoms. The summed E-state index contributed by atoms with van der Waals surface area (Å²) in [6, 6.07) is 1.89. The Morgan fingerprint density at radius 3 is 3.20 bits per heavy atom. The molecule has 0 saturated carbocycles. The fourth-order valence-corrected chi connectivity index (χ4v) is 3.75. The number of halogens is 2. The molecule has 0 radical (unpaired) electrons. The first kappa shape index (κ1) is 10.1. The summed E-state index contributed by atoms with van der Waals surface area (Å²) in [5.74, 6) is 0.117. The van der Waals surface area contributed by atoms with Gasteiger partial charge in [0.2, 0.25) is 0 Å². The number of hydrogen-bond acceptors (Lipinski definition) is 2. The highest BCUT2D eigenvalue weighted by molar-refractivity contribution is 14.1. The third-order valence-corrected chi connectivity index (χ3v) is 4.61. The minimum Gasteiger partial charge on any atom is -0.338 e. The highest BCUT2D eigenvalue weighted by atomic mass is 127. The van der Waals surface area contributed by atoms with Gasteiger partial charge in [-0.05, 0) is 44.6 Å². The third kappa shape index (κ3) is 1.38. The Balaban J connectivity index is 2.12. The molecule has 0 aliphatic carbocycles. The third-order valence-electron chi connectivity index (χ3n) is 2.87. The lowest BCUT2D eigenvalue weighted by molar-refractivity contribution is 0.0635. The van der Waals surface area contributed by atoms with Gasteiger partial charge in [0, 0.05) is 23.8 Å². The quantitative estimate of drug-likeness (QED) is 0.419. The van der Waals surface area contributed by atoms with E-state index in [9.17, 15) is 4.79 Å². The van der Waals surface area contributed by atoms with Crippen LogP contribution in [0.2, 0.25) is 0 Å². The summed E-state index contributed by atoms with van der Waals surface area (Å²) in [7, 11) is 0. The first-order valence-corrected chi connectivity index (χ1v) is 6.59. The van der Waals surface area contributed by atoms with E-state index in [-0.39, 0.29) is 9.58 Å². The highest BCUT2D eigenvalue weighted by Gasteiger charge is 2.46. The second-order valence-electron chi connectivity index (χ2n) is 3.81. The second-order valence-corrected chi connectivity index (χ2v) is 6.51. The van der Waals surface area contributed by atoms with Crippen molar-refractivity contribution in [3.63, 3.8) is 0 Å². The maximum absolute atomic E-state index is 12.2. The van der Waals surface area contributed by atoms with E-state index < -0.39 is 0 Å². The topological polar surface area (TPSA) is 37.3 Å². The molecule has 1 unspecified atom stereocenters. The van der Waals surface area contributed by atoms with Crippen molar-refractivity contribution >= 4 is 44.4 Å². The van der Waals surface area contributed by atoms with Crippen molar-refractivity contribution in [2.45, 2.75) is 10.2 Å². The van der Waals surface area contributed by atoms with Gasteiger partial charge in [0.25, 0.3) is 5.91 Å². The molecule has 1 aromatic heterocycles. The van der Waals surface area contributed by atoms with Crippen LogP contribution in [0.25, 0.3) is 0 Å². The van der Waals surface area contributed by atoms with Crippen LogP contribution in [0.15, 0.2) is 16.7 Å². The van der Waals surface area contributed by atoms with Gasteiger partial charge in [0.1, 0.15) is 5.69 Å². The number of amides is 1. The van der Waals surface area contributed by atoms with Gasteiger partial charge in [-0.2, -0.15) is 0 Å². The summed E-state index contributed by atoms with van der Waals surface area (Å²) in [4.78, 5) is 14.1. The number of nitrogens with zero attached hydrogens (tertiary/aromatic N) is 2. The average Bonchev–Trinajstić information content (AvgIpc) is 2.68. The van der Waals surface area contributed by atoms with Crippen molar-refractivity contribution in [2.24, 2.45) is 0 Å². The van der Waals surface area contributed by atoms with Gasteiger partial charge in [-0.25, -0.2) is 0 Å². The fraction of sp³-hybridized carbons (Fsp3) is 0.444. The predicted molar refractivity (Wildman–Crippen MR) is 67.9 cm³/mol. The molecule has 1 saturated heterocycles. The lowest BCUT2D eigenvalue weighted by Crippen LogP contribution is -2.55. The molecular weight excluding hydrogens is 373 g/mol. The number of rotatable bonds is 0. The van der Waals surface area contributed by atoms with E-state index in [1.54, 1.807) is 0 Å². The number of nitrogens with one attached hydrogen (secondary N) is 1. The van der Waals surface area contributed by atoms with Crippen LogP contribution >= 0.6 is 38.5 Å². The van der Waals surface area contributed by atoms with Crippen molar-refractivity contribution in [1.29, 1.82) is 0 Å². The normalized spacial score (nSPS) is 29.2. The van der Waals surface area contributed by atoms with E-state index >= 15 is 0 Å². The lowest BCUT2D eigenvalue weighted by atomic mass is 10.2.